The first kappa shape index (κ1) is 26.4. The van der Waals surface area contributed by atoms with Crippen LogP contribution in [0.2, 0.25) is 0 Å². The molecule has 4 amide bonds. The van der Waals surface area contributed by atoms with Crippen LogP contribution in [0.3, 0.4) is 0 Å². The van der Waals surface area contributed by atoms with E-state index in [1.54, 1.807) is 14.8 Å². The molecule has 39 heavy (non-hydrogen) atoms. The van der Waals surface area contributed by atoms with Gasteiger partial charge in [-0.2, -0.15) is 5.01 Å². The lowest BCUT2D eigenvalue weighted by Gasteiger charge is -2.55. The van der Waals surface area contributed by atoms with Gasteiger partial charge in [0.2, 0.25) is 18.6 Å². The number of fused-ring (bicyclic) bond motifs is 2. The summed E-state index contributed by atoms with van der Waals surface area (Å²) < 4.78 is 10.9. The van der Waals surface area contributed by atoms with Gasteiger partial charge in [0.25, 0.3) is 0 Å². The van der Waals surface area contributed by atoms with Gasteiger partial charge in [0, 0.05) is 13.1 Å². The van der Waals surface area contributed by atoms with E-state index in [9.17, 15) is 14.4 Å². The fourth-order valence-corrected chi connectivity index (χ4v) is 5.38. The Bertz CT molecular complexity index is 1280. The van der Waals surface area contributed by atoms with Gasteiger partial charge in [-0.05, 0) is 29.2 Å². The normalized spacial score (nSPS) is 21.4. The summed E-state index contributed by atoms with van der Waals surface area (Å²) in [5.41, 5.74) is 1.81. The van der Waals surface area contributed by atoms with Gasteiger partial charge < -0.3 is 24.6 Å². The van der Waals surface area contributed by atoms with Gasteiger partial charge >= 0.3 is 6.03 Å². The van der Waals surface area contributed by atoms with Crippen LogP contribution >= 0.6 is 0 Å². The predicted octanol–water partition coefficient (Wildman–Crippen LogP) is 2.40. The summed E-state index contributed by atoms with van der Waals surface area (Å²) in [6.45, 7) is 4.88. The number of ether oxygens (including phenoxy) is 2. The zero-order valence-corrected chi connectivity index (χ0v) is 22.2. The van der Waals surface area contributed by atoms with E-state index in [1.165, 1.54) is 5.01 Å². The van der Waals surface area contributed by atoms with E-state index in [0.717, 1.165) is 11.1 Å². The molecule has 204 valence electrons. The van der Waals surface area contributed by atoms with Crippen molar-refractivity contribution in [1.29, 1.82) is 0 Å². The molecule has 0 saturated carbocycles. The molecule has 2 saturated heterocycles. The molecule has 5 rings (SSSR count). The van der Waals surface area contributed by atoms with E-state index in [1.807, 2.05) is 62.4 Å². The molecule has 2 fully saturated rings. The number of carbonyl (C=O) groups excluding carboxylic acids is 3. The number of terminal acetylenes is 1. The van der Waals surface area contributed by atoms with Crippen molar-refractivity contribution in [1.82, 2.24) is 25.1 Å². The average molecular weight is 532 g/mol. The largest absolute Gasteiger partial charge is 0.454 e. The van der Waals surface area contributed by atoms with E-state index in [-0.39, 0.29) is 50.2 Å². The molecule has 0 bridgehead atoms. The lowest BCUT2D eigenvalue weighted by atomic mass is 9.92. The predicted molar refractivity (Wildman–Crippen MR) is 143 cm³/mol. The number of nitrogens with one attached hydrogen (secondary N) is 1. The quantitative estimate of drug-likeness (QED) is 0.552. The van der Waals surface area contributed by atoms with Crippen molar-refractivity contribution in [3.8, 4) is 23.8 Å². The number of piperazine rings is 1. The third-order valence-electron chi connectivity index (χ3n) is 7.52. The molecule has 10 heteroatoms. The Kier molecular flexibility index (Phi) is 7.61. The SMILES string of the molecule is C#CCN1CC(=O)N2[C@@H](C(C)CC)C(=O)N(Cc3ccc4c(c3)OCO4)C[C@@H]2N1C(=O)NCc1ccccc1. The first-order valence-electron chi connectivity index (χ1n) is 13.2. The fraction of sp³-hybridized carbons (Fsp3) is 0.414. The highest BCUT2D eigenvalue weighted by Crippen LogP contribution is 2.35. The van der Waals surface area contributed by atoms with Gasteiger partial charge in [0.05, 0.1) is 19.6 Å². The van der Waals surface area contributed by atoms with E-state index in [2.05, 4.69) is 11.2 Å². The molecule has 1 N–H and O–H groups in total. The van der Waals surface area contributed by atoms with Crippen molar-refractivity contribution in [2.45, 2.75) is 45.6 Å². The Morgan fingerprint density at radius 2 is 1.90 bits per heavy atom. The summed E-state index contributed by atoms with van der Waals surface area (Å²) in [6, 6.07) is 14.1. The van der Waals surface area contributed by atoms with Crippen LogP contribution in [-0.2, 0) is 22.7 Å². The monoisotopic (exact) mass is 531 g/mol. The average Bonchev–Trinajstić information content (AvgIpc) is 3.41. The van der Waals surface area contributed by atoms with Crippen LogP contribution in [0.25, 0.3) is 0 Å². The molecule has 3 aliphatic heterocycles. The number of hydrogen-bond acceptors (Lipinski definition) is 6. The van der Waals surface area contributed by atoms with Gasteiger partial charge in [-0.1, -0.05) is 62.6 Å². The molecule has 2 aromatic carbocycles. The Morgan fingerprint density at radius 3 is 2.64 bits per heavy atom. The second-order valence-corrected chi connectivity index (χ2v) is 10.0. The molecule has 3 aliphatic rings. The van der Waals surface area contributed by atoms with Crippen molar-refractivity contribution in [3.63, 3.8) is 0 Å². The van der Waals surface area contributed by atoms with Crippen molar-refractivity contribution >= 4 is 17.8 Å². The van der Waals surface area contributed by atoms with Crippen LogP contribution in [0.4, 0.5) is 4.79 Å². The van der Waals surface area contributed by atoms with E-state index >= 15 is 0 Å². The zero-order valence-electron chi connectivity index (χ0n) is 22.2. The highest BCUT2D eigenvalue weighted by molar-refractivity contribution is 5.91. The van der Waals surface area contributed by atoms with Crippen LogP contribution in [-0.4, -0.2) is 76.3 Å². The maximum Gasteiger partial charge on any atom is 0.334 e. The smallest absolute Gasteiger partial charge is 0.334 e. The first-order valence-corrected chi connectivity index (χ1v) is 13.2. The second-order valence-electron chi connectivity index (χ2n) is 10.0. The number of benzene rings is 2. The third kappa shape index (κ3) is 5.22. The summed E-state index contributed by atoms with van der Waals surface area (Å²) in [4.78, 5) is 44.3. The van der Waals surface area contributed by atoms with Crippen molar-refractivity contribution in [2.75, 3.05) is 26.4 Å². The number of urea groups is 1. The van der Waals surface area contributed by atoms with Crippen molar-refractivity contribution < 1.29 is 23.9 Å². The highest BCUT2D eigenvalue weighted by atomic mass is 16.7. The Balaban J connectivity index is 1.46. The van der Waals surface area contributed by atoms with Crippen molar-refractivity contribution in [3.05, 3.63) is 59.7 Å². The molecule has 2 aromatic rings. The minimum atomic E-state index is -0.707. The minimum Gasteiger partial charge on any atom is -0.454 e. The van der Waals surface area contributed by atoms with Gasteiger partial charge in [0.15, 0.2) is 11.5 Å². The van der Waals surface area contributed by atoms with Crippen LogP contribution in [0.5, 0.6) is 11.5 Å². The summed E-state index contributed by atoms with van der Waals surface area (Å²) >= 11 is 0. The lowest BCUT2D eigenvalue weighted by Crippen LogP contribution is -2.77. The number of rotatable bonds is 7. The lowest BCUT2D eigenvalue weighted by molar-refractivity contribution is -0.192. The van der Waals surface area contributed by atoms with Crippen LogP contribution in [0.1, 0.15) is 31.4 Å². The number of hydrogen-bond donors (Lipinski definition) is 1. The summed E-state index contributed by atoms with van der Waals surface area (Å²) in [5, 5.41) is 6.09. The third-order valence-corrected chi connectivity index (χ3v) is 7.52. The molecule has 0 aromatic heterocycles. The molecule has 0 aliphatic carbocycles. The standard InChI is InChI=1S/C29H33N5O5/c1-4-13-32-18-26(35)33-25(34(32)29(37)30-15-21-9-7-6-8-10-21)17-31(28(36)27(33)20(3)5-2)16-22-11-12-23-24(14-22)39-19-38-23/h1,6-12,14,20,25,27H,5,13,15-19H2,2-3H3,(H,30,37)/t20?,25-,27-/m0/s1. The highest BCUT2D eigenvalue weighted by Gasteiger charge is 2.52. The number of carbonyl (C=O) groups is 3. The summed E-state index contributed by atoms with van der Waals surface area (Å²) in [5.74, 6) is 3.39. The molecule has 3 heterocycles. The van der Waals surface area contributed by atoms with Crippen LogP contribution in [0, 0.1) is 18.3 Å². The van der Waals surface area contributed by atoms with Crippen molar-refractivity contribution in [2.24, 2.45) is 5.92 Å². The van der Waals surface area contributed by atoms with E-state index in [4.69, 9.17) is 15.9 Å². The molecule has 0 spiro atoms. The topological polar surface area (TPSA) is 94.7 Å². The molecular weight excluding hydrogens is 498 g/mol. The zero-order chi connectivity index (χ0) is 27.5. The van der Waals surface area contributed by atoms with Gasteiger partial charge in [0.1, 0.15) is 12.2 Å². The van der Waals surface area contributed by atoms with Gasteiger partial charge in [-0.25, -0.2) is 9.80 Å². The minimum absolute atomic E-state index is 0.0815. The first-order chi connectivity index (χ1) is 18.9. The summed E-state index contributed by atoms with van der Waals surface area (Å²) in [6.07, 6.45) is 5.62. The maximum absolute atomic E-state index is 13.9. The molecule has 10 nitrogen and oxygen atoms in total. The van der Waals surface area contributed by atoms with Crippen LogP contribution in [0.15, 0.2) is 48.5 Å². The fourth-order valence-electron chi connectivity index (χ4n) is 5.38. The maximum atomic E-state index is 13.9. The molecule has 0 radical (unpaired) electrons. The van der Waals surface area contributed by atoms with Crippen LogP contribution < -0.4 is 14.8 Å². The molecular formula is C29H33N5O5. The Hall–Kier alpha value is -4.23. The molecule has 1 unspecified atom stereocenters. The Morgan fingerprint density at radius 1 is 1.13 bits per heavy atom. The second kappa shape index (κ2) is 11.3. The number of amides is 4. The van der Waals surface area contributed by atoms with E-state index in [0.29, 0.717) is 31.0 Å². The molecule has 3 atom stereocenters. The van der Waals surface area contributed by atoms with E-state index < -0.39 is 12.2 Å². The van der Waals surface area contributed by atoms with Gasteiger partial charge in [-0.3, -0.25) is 9.59 Å². The van der Waals surface area contributed by atoms with Gasteiger partial charge in [-0.15, -0.1) is 6.42 Å². The Labute approximate surface area is 228 Å². The summed E-state index contributed by atoms with van der Waals surface area (Å²) in [7, 11) is 0. The number of hydrazine groups is 1. The number of nitrogens with zero attached hydrogens (tertiary/aromatic N) is 4.